The molecule has 24 heavy (non-hydrogen) atoms. The van der Waals surface area contributed by atoms with Gasteiger partial charge < -0.3 is 9.96 Å². The summed E-state index contributed by atoms with van der Waals surface area (Å²) in [6, 6.07) is 0.994. The van der Waals surface area contributed by atoms with Gasteiger partial charge in [-0.15, -0.1) is 0 Å². The SMILES string of the molecule is CCCCCCCCCC[N+](CCC)(CCC)C1CCCCC1.[OH-]. The second kappa shape index (κ2) is 15.2. The van der Waals surface area contributed by atoms with E-state index in [1.54, 1.807) is 0 Å². The van der Waals surface area contributed by atoms with Crippen LogP contribution in [0.2, 0.25) is 0 Å². The number of rotatable bonds is 14. The van der Waals surface area contributed by atoms with Crippen molar-refractivity contribution in [2.45, 2.75) is 123 Å². The molecule has 2 heteroatoms. The number of nitrogens with zero attached hydrogens (tertiary/aromatic N) is 1. The van der Waals surface area contributed by atoms with Crippen LogP contribution in [0.25, 0.3) is 0 Å². The lowest BCUT2D eigenvalue weighted by Crippen LogP contribution is -2.57. The highest BCUT2D eigenvalue weighted by molar-refractivity contribution is 4.68. The highest BCUT2D eigenvalue weighted by atomic mass is 16.0. The van der Waals surface area contributed by atoms with Crippen molar-refractivity contribution in [3.8, 4) is 0 Å². The van der Waals surface area contributed by atoms with Crippen LogP contribution in [-0.2, 0) is 0 Å². The fourth-order valence-corrected chi connectivity index (χ4v) is 4.96. The summed E-state index contributed by atoms with van der Waals surface area (Å²) in [6.07, 6.45) is 21.9. The minimum atomic E-state index is 0. The second-order valence-corrected chi connectivity index (χ2v) is 8.16. The number of unbranched alkanes of at least 4 members (excludes halogenated alkanes) is 7. The standard InChI is InChI=1S/C22H46N.H2O/c1-4-7-8-9-10-11-12-16-21-23(19-5-2,20-6-3)22-17-14-13-15-18-22;/h22H,4-21H2,1-3H3;1H2/q+1;/p-1. The Morgan fingerprint density at radius 3 is 1.58 bits per heavy atom. The third-order valence-electron chi connectivity index (χ3n) is 6.14. The lowest BCUT2D eigenvalue weighted by Gasteiger charge is -2.47. The Morgan fingerprint density at radius 2 is 1.08 bits per heavy atom. The highest BCUT2D eigenvalue weighted by Crippen LogP contribution is 2.30. The second-order valence-electron chi connectivity index (χ2n) is 8.16. The first-order chi connectivity index (χ1) is 11.3. The normalized spacial score (nSPS) is 16.1. The molecule has 1 rings (SSSR count). The van der Waals surface area contributed by atoms with Gasteiger partial charge in [0, 0.05) is 0 Å². The van der Waals surface area contributed by atoms with E-state index in [1.165, 1.54) is 120 Å². The van der Waals surface area contributed by atoms with E-state index in [4.69, 9.17) is 0 Å². The van der Waals surface area contributed by atoms with Gasteiger partial charge in [-0.05, 0) is 51.4 Å². The zero-order valence-electron chi connectivity index (χ0n) is 17.2. The molecular formula is C22H47NO. The van der Waals surface area contributed by atoms with Crippen LogP contribution >= 0.6 is 0 Å². The van der Waals surface area contributed by atoms with Gasteiger partial charge in [0.1, 0.15) is 0 Å². The van der Waals surface area contributed by atoms with E-state index in [0.29, 0.717) is 0 Å². The van der Waals surface area contributed by atoms with E-state index in [0.717, 1.165) is 6.04 Å². The molecule has 0 atom stereocenters. The van der Waals surface area contributed by atoms with E-state index >= 15 is 0 Å². The average molecular weight is 342 g/mol. The minimum Gasteiger partial charge on any atom is -0.870 e. The summed E-state index contributed by atoms with van der Waals surface area (Å²) >= 11 is 0. The Labute approximate surface area is 153 Å². The van der Waals surface area contributed by atoms with Crippen molar-refractivity contribution >= 4 is 0 Å². The maximum absolute atomic E-state index is 2.40. The van der Waals surface area contributed by atoms with Gasteiger partial charge in [0.25, 0.3) is 0 Å². The zero-order chi connectivity index (χ0) is 16.8. The van der Waals surface area contributed by atoms with E-state index in [-0.39, 0.29) is 5.48 Å². The number of hydrogen-bond donors (Lipinski definition) is 0. The lowest BCUT2D eigenvalue weighted by atomic mass is 9.91. The quantitative estimate of drug-likeness (QED) is 0.249. The van der Waals surface area contributed by atoms with Crippen LogP contribution in [0, 0.1) is 0 Å². The van der Waals surface area contributed by atoms with Crippen molar-refractivity contribution in [1.29, 1.82) is 0 Å². The molecule has 0 aromatic rings. The molecule has 0 saturated heterocycles. The molecule has 1 N–H and O–H groups in total. The molecule has 1 aliphatic rings. The van der Waals surface area contributed by atoms with E-state index in [2.05, 4.69) is 20.8 Å². The van der Waals surface area contributed by atoms with Crippen molar-refractivity contribution in [3.63, 3.8) is 0 Å². The maximum Gasteiger partial charge on any atom is 0.0890 e. The maximum atomic E-state index is 2.40. The summed E-state index contributed by atoms with van der Waals surface area (Å²) in [6.45, 7) is 11.5. The molecule has 0 heterocycles. The molecule has 0 aromatic carbocycles. The topological polar surface area (TPSA) is 30.0 Å². The first-order valence-corrected chi connectivity index (χ1v) is 11.1. The number of hydrogen-bond acceptors (Lipinski definition) is 1. The zero-order valence-corrected chi connectivity index (χ0v) is 17.2. The van der Waals surface area contributed by atoms with Gasteiger partial charge in [-0.25, -0.2) is 0 Å². The molecule has 0 unspecified atom stereocenters. The lowest BCUT2D eigenvalue weighted by molar-refractivity contribution is -0.952. The predicted octanol–water partition coefficient (Wildman–Crippen LogP) is 6.92. The van der Waals surface area contributed by atoms with Gasteiger partial charge in [0.05, 0.1) is 25.7 Å². The summed E-state index contributed by atoms with van der Waals surface area (Å²) in [5.41, 5.74) is 0. The summed E-state index contributed by atoms with van der Waals surface area (Å²) < 4.78 is 1.48. The summed E-state index contributed by atoms with van der Waals surface area (Å²) in [7, 11) is 0. The first-order valence-electron chi connectivity index (χ1n) is 11.1. The number of quaternary nitrogens is 1. The molecule has 0 aromatic heterocycles. The molecule has 146 valence electrons. The Kier molecular flexibility index (Phi) is 15.1. The third-order valence-corrected chi connectivity index (χ3v) is 6.14. The fraction of sp³-hybridized carbons (Fsp3) is 1.00. The Bertz CT molecular complexity index is 255. The Balaban J connectivity index is 0.00000529. The molecule has 1 fully saturated rings. The monoisotopic (exact) mass is 341 g/mol. The van der Waals surface area contributed by atoms with Crippen LogP contribution in [0.5, 0.6) is 0 Å². The van der Waals surface area contributed by atoms with Crippen LogP contribution < -0.4 is 0 Å². The van der Waals surface area contributed by atoms with Crippen molar-refractivity contribution in [2.75, 3.05) is 19.6 Å². The summed E-state index contributed by atoms with van der Waals surface area (Å²) in [5, 5.41) is 0. The summed E-state index contributed by atoms with van der Waals surface area (Å²) in [4.78, 5) is 0. The molecular weight excluding hydrogens is 294 g/mol. The van der Waals surface area contributed by atoms with Gasteiger partial charge >= 0.3 is 0 Å². The molecule has 2 nitrogen and oxygen atoms in total. The molecule has 0 spiro atoms. The van der Waals surface area contributed by atoms with Crippen molar-refractivity contribution in [2.24, 2.45) is 0 Å². The van der Waals surface area contributed by atoms with Gasteiger partial charge in [0.2, 0.25) is 0 Å². The van der Waals surface area contributed by atoms with Crippen LogP contribution in [0.15, 0.2) is 0 Å². The third kappa shape index (κ3) is 8.85. The van der Waals surface area contributed by atoms with Crippen molar-refractivity contribution in [1.82, 2.24) is 0 Å². The molecule has 0 aliphatic heterocycles. The summed E-state index contributed by atoms with van der Waals surface area (Å²) in [5.74, 6) is 0. The van der Waals surface area contributed by atoms with Crippen molar-refractivity contribution in [3.05, 3.63) is 0 Å². The largest absolute Gasteiger partial charge is 0.870 e. The van der Waals surface area contributed by atoms with Gasteiger partial charge in [-0.2, -0.15) is 0 Å². The molecule has 0 radical (unpaired) electrons. The Hall–Kier alpha value is -0.0800. The first kappa shape index (κ1) is 23.9. The predicted molar refractivity (Wildman–Crippen MR) is 107 cm³/mol. The van der Waals surface area contributed by atoms with Crippen LogP contribution in [0.4, 0.5) is 0 Å². The van der Waals surface area contributed by atoms with Crippen LogP contribution in [-0.4, -0.2) is 35.6 Å². The van der Waals surface area contributed by atoms with Gasteiger partial charge in [-0.1, -0.05) is 65.7 Å². The van der Waals surface area contributed by atoms with Crippen molar-refractivity contribution < 1.29 is 9.96 Å². The van der Waals surface area contributed by atoms with Gasteiger partial charge in [0.15, 0.2) is 0 Å². The van der Waals surface area contributed by atoms with E-state index in [1.807, 2.05) is 0 Å². The molecule has 0 bridgehead atoms. The smallest absolute Gasteiger partial charge is 0.0890 e. The van der Waals surface area contributed by atoms with Gasteiger partial charge in [-0.3, -0.25) is 0 Å². The van der Waals surface area contributed by atoms with E-state index < -0.39 is 0 Å². The Morgan fingerprint density at radius 1 is 0.583 bits per heavy atom. The molecule has 1 saturated carbocycles. The van der Waals surface area contributed by atoms with E-state index in [9.17, 15) is 0 Å². The minimum absolute atomic E-state index is 0. The molecule has 1 aliphatic carbocycles. The highest BCUT2D eigenvalue weighted by Gasteiger charge is 2.35. The molecule has 0 amide bonds. The van der Waals surface area contributed by atoms with Crippen LogP contribution in [0.1, 0.15) is 117 Å². The fourth-order valence-electron chi connectivity index (χ4n) is 4.96. The van der Waals surface area contributed by atoms with Crippen LogP contribution in [0.3, 0.4) is 0 Å². The average Bonchev–Trinajstić information content (AvgIpc) is 2.58.